The third-order valence-electron chi connectivity index (χ3n) is 7.06. The molecule has 3 heterocycles. The molecule has 1 saturated carbocycles. The second kappa shape index (κ2) is 8.62. The fourth-order valence-corrected chi connectivity index (χ4v) is 5.48. The van der Waals surface area contributed by atoms with Gasteiger partial charge >= 0.3 is 0 Å². The first-order valence-corrected chi connectivity index (χ1v) is 12.5. The number of methoxy groups -OCH3 is 1. The molecule has 0 spiro atoms. The summed E-state index contributed by atoms with van der Waals surface area (Å²) in [6, 6.07) is 10.6. The number of aromatic amines is 2. The summed E-state index contributed by atoms with van der Waals surface area (Å²) >= 11 is 0. The maximum Gasteiger partial charge on any atom is 0.274 e. The normalized spacial score (nSPS) is 14.9. The number of hydrogen-bond donors (Lipinski definition) is 2. The van der Waals surface area contributed by atoms with Crippen LogP contribution in [0.2, 0.25) is 0 Å². The number of pyridine rings is 1. The second-order valence-corrected chi connectivity index (χ2v) is 9.82. The minimum absolute atomic E-state index is 0.0153. The molecule has 36 heavy (non-hydrogen) atoms. The molecule has 2 aromatic carbocycles. The average Bonchev–Trinajstić information content (AvgIpc) is 3.40. The van der Waals surface area contributed by atoms with Gasteiger partial charge < -0.3 is 18.9 Å². The molecule has 1 aliphatic rings. The Bertz CT molecular complexity index is 1710. The molecule has 1 fully saturated rings. The predicted octanol–water partition coefficient (Wildman–Crippen LogP) is 5.89. The molecular weight excluding hydrogens is 458 g/mol. The van der Waals surface area contributed by atoms with Gasteiger partial charge in [-0.1, -0.05) is 25.3 Å². The van der Waals surface area contributed by atoms with Crippen LogP contribution in [0.15, 0.2) is 50.4 Å². The summed E-state index contributed by atoms with van der Waals surface area (Å²) < 4.78 is 19.8. The van der Waals surface area contributed by atoms with Gasteiger partial charge in [-0.05, 0) is 56.5 Å². The van der Waals surface area contributed by atoms with E-state index in [1.807, 2.05) is 36.7 Å². The topological polar surface area (TPSA) is 102 Å². The first-order chi connectivity index (χ1) is 17.4. The van der Waals surface area contributed by atoms with Crippen LogP contribution in [0.3, 0.4) is 0 Å². The van der Waals surface area contributed by atoms with Gasteiger partial charge in [0.1, 0.15) is 11.2 Å². The lowest BCUT2D eigenvalue weighted by Gasteiger charge is -2.23. The van der Waals surface area contributed by atoms with E-state index in [4.69, 9.17) is 13.9 Å². The van der Waals surface area contributed by atoms with Gasteiger partial charge in [0, 0.05) is 17.0 Å². The first-order valence-electron chi connectivity index (χ1n) is 12.5. The Morgan fingerprint density at radius 3 is 2.58 bits per heavy atom. The van der Waals surface area contributed by atoms with E-state index < -0.39 is 0 Å². The van der Waals surface area contributed by atoms with Gasteiger partial charge in [0.2, 0.25) is 0 Å². The largest absolute Gasteiger partial charge is 0.493 e. The number of H-pyrrole nitrogens is 2. The molecule has 0 amide bonds. The molecule has 1 aliphatic carbocycles. The fraction of sp³-hybridized carbons (Fsp3) is 0.357. The summed E-state index contributed by atoms with van der Waals surface area (Å²) in [4.78, 5) is 29.0. The molecule has 0 radical (unpaired) electrons. The maximum absolute atomic E-state index is 13.5. The van der Waals surface area contributed by atoms with Crippen LogP contribution in [0.25, 0.3) is 44.2 Å². The van der Waals surface area contributed by atoms with Crippen molar-refractivity contribution < 1.29 is 13.9 Å². The zero-order valence-electron chi connectivity index (χ0n) is 20.6. The monoisotopic (exact) mass is 487 g/mol. The highest BCUT2D eigenvalue weighted by Gasteiger charge is 2.26. The molecule has 0 unspecified atom stereocenters. The Kier molecular flexibility index (Phi) is 5.39. The Morgan fingerprint density at radius 1 is 1.03 bits per heavy atom. The lowest BCUT2D eigenvalue weighted by Crippen LogP contribution is -2.16. The summed E-state index contributed by atoms with van der Waals surface area (Å²) in [7, 11) is 1.60. The van der Waals surface area contributed by atoms with E-state index in [-0.39, 0.29) is 23.1 Å². The van der Waals surface area contributed by atoms with Crippen LogP contribution in [0.5, 0.6) is 11.5 Å². The molecule has 6 rings (SSSR count). The van der Waals surface area contributed by atoms with E-state index in [0.717, 1.165) is 47.8 Å². The lowest BCUT2D eigenvalue weighted by molar-refractivity contribution is 0.230. The van der Waals surface area contributed by atoms with Crippen LogP contribution in [-0.4, -0.2) is 28.0 Å². The third-order valence-corrected chi connectivity index (χ3v) is 7.06. The predicted molar refractivity (Wildman–Crippen MR) is 140 cm³/mol. The molecule has 0 bridgehead atoms. The highest BCUT2D eigenvalue weighted by atomic mass is 16.5. The lowest BCUT2D eigenvalue weighted by atomic mass is 9.95. The number of fused-ring (bicyclic) bond motifs is 4. The summed E-state index contributed by atoms with van der Waals surface area (Å²) in [6.45, 7) is 3.92. The van der Waals surface area contributed by atoms with Gasteiger partial charge in [-0.25, -0.2) is 0 Å². The van der Waals surface area contributed by atoms with Crippen LogP contribution in [-0.2, 0) is 0 Å². The van der Waals surface area contributed by atoms with E-state index in [1.54, 1.807) is 13.2 Å². The van der Waals surface area contributed by atoms with Crippen molar-refractivity contribution in [1.29, 1.82) is 0 Å². The SMILES string of the molecule is COc1cc(-c2c3oc4cc(=O)ccc4c3[nH]c3c2c(=O)[nH]n3C2CCCCC2)ccc1OC(C)C. The van der Waals surface area contributed by atoms with Crippen LogP contribution < -0.4 is 20.5 Å². The standard InChI is InChI=1S/C28H29N3O5/c1-15(2)35-20-12-9-16(13-22(20)34-3)23-24-27(31(30-28(24)33)17-7-5-4-6-8-17)29-25-19-11-10-18(32)14-21(19)36-26(23)25/h9-15,17,29H,4-8H2,1-3H3,(H,30,33). The van der Waals surface area contributed by atoms with Gasteiger partial charge in [0.25, 0.3) is 5.56 Å². The van der Waals surface area contributed by atoms with Gasteiger partial charge in [0.15, 0.2) is 22.5 Å². The molecule has 0 atom stereocenters. The van der Waals surface area contributed by atoms with E-state index in [0.29, 0.717) is 33.6 Å². The van der Waals surface area contributed by atoms with Crippen molar-refractivity contribution in [2.75, 3.05) is 7.11 Å². The van der Waals surface area contributed by atoms with Gasteiger partial charge in [-0.3, -0.25) is 19.4 Å². The van der Waals surface area contributed by atoms with E-state index in [1.165, 1.54) is 18.6 Å². The van der Waals surface area contributed by atoms with Crippen LogP contribution >= 0.6 is 0 Å². The Balaban J connectivity index is 1.70. The fourth-order valence-electron chi connectivity index (χ4n) is 5.48. The van der Waals surface area contributed by atoms with Crippen LogP contribution in [0.4, 0.5) is 0 Å². The Hall–Kier alpha value is -3.94. The molecule has 8 heteroatoms. The number of hydrogen-bond acceptors (Lipinski definition) is 5. The van der Waals surface area contributed by atoms with Crippen molar-refractivity contribution in [3.05, 3.63) is 57.0 Å². The molecule has 3 aromatic heterocycles. The summed E-state index contributed by atoms with van der Waals surface area (Å²) in [5, 5.41) is 4.42. The number of benzene rings is 2. The number of rotatable bonds is 5. The van der Waals surface area contributed by atoms with Crippen molar-refractivity contribution in [1.82, 2.24) is 14.8 Å². The van der Waals surface area contributed by atoms with E-state index >= 15 is 0 Å². The zero-order chi connectivity index (χ0) is 25.0. The van der Waals surface area contributed by atoms with Crippen molar-refractivity contribution in [2.24, 2.45) is 0 Å². The van der Waals surface area contributed by atoms with Crippen molar-refractivity contribution in [3.8, 4) is 22.6 Å². The maximum atomic E-state index is 13.5. The molecule has 0 saturated heterocycles. The highest BCUT2D eigenvalue weighted by Crippen LogP contribution is 2.42. The summed E-state index contributed by atoms with van der Waals surface area (Å²) in [5.74, 6) is 1.19. The highest BCUT2D eigenvalue weighted by molar-refractivity contribution is 6.14. The summed E-state index contributed by atoms with van der Waals surface area (Å²) in [5.41, 5.74) is 3.59. The van der Waals surface area contributed by atoms with Gasteiger partial charge in [-0.15, -0.1) is 0 Å². The first kappa shape index (κ1) is 22.5. The molecule has 5 aromatic rings. The molecule has 186 valence electrons. The summed E-state index contributed by atoms with van der Waals surface area (Å²) in [6.07, 6.45) is 5.50. The van der Waals surface area contributed by atoms with Crippen molar-refractivity contribution in [2.45, 2.75) is 58.1 Å². The Morgan fingerprint density at radius 2 is 1.83 bits per heavy atom. The number of nitrogens with zero attached hydrogens (tertiary/aromatic N) is 1. The van der Waals surface area contributed by atoms with Crippen molar-refractivity contribution >= 4 is 33.1 Å². The number of aromatic nitrogens is 3. The molecule has 8 nitrogen and oxygen atoms in total. The van der Waals surface area contributed by atoms with E-state index in [9.17, 15) is 9.59 Å². The van der Waals surface area contributed by atoms with E-state index in [2.05, 4.69) is 10.1 Å². The number of furan rings is 1. The van der Waals surface area contributed by atoms with Crippen molar-refractivity contribution in [3.63, 3.8) is 0 Å². The number of ether oxygens (including phenoxy) is 2. The minimum atomic E-state index is -0.185. The average molecular weight is 488 g/mol. The quantitative estimate of drug-likeness (QED) is 0.322. The van der Waals surface area contributed by atoms with Gasteiger partial charge in [0.05, 0.1) is 30.2 Å². The minimum Gasteiger partial charge on any atom is -0.493 e. The smallest absolute Gasteiger partial charge is 0.274 e. The Labute approximate surface area is 206 Å². The third kappa shape index (κ3) is 3.59. The molecule has 2 N–H and O–H groups in total. The molecule has 0 aliphatic heterocycles. The van der Waals surface area contributed by atoms with Crippen LogP contribution in [0, 0.1) is 0 Å². The van der Waals surface area contributed by atoms with Gasteiger partial charge in [-0.2, -0.15) is 0 Å². The van der Waals surface area contributed by atoms with Crippen LogP contribution in [0.1, 0.15) is 52.0 Å². The molecular formula is C28H29N3O5. The number of nitrogens with one attached hydrogen (secondary N) is 2. The zero-order valence-corrected chi connectivity index (χ0v) is 20.6. The second-order valence-electron chi connectivity index (χ2n) is 9.82.